The van der Waals surface area contributed by atoms with Crippen molar-refractivity contribution in [2.75, 3.05) is 14.1 Å². The molecule has 3 nitrogen and oxygen atoms in total. The van der Waals surface area contributed by atoms with Gasteiger partial charge in [0.1, 0.15) is 0 Å². The molecule has 0 fully saturated rings. The predicted octanol–water partition coefficient (Wildman–Crippen LogP) is 1.28. The van der Waals surface area contributed by atoms with E-state index in [-0.39, 0.29) is 0 Å². The second-order valence-electron chi connectivity index (χ2n) is 2.76. The zero-order chi connectivity index (χ0) is 8.27. The van der Waals surface area contributed by atoms with Gasteiger partial charge in [-0.1, -0.05) is 6.08 Å². The van der Waals surface area contributed by atoms with E-state index in [2.05, 4.69) is 9.98 Å². The largest absolute Gasteiger partial charge is 0.347 e. The first-order valence-electron chi connectivity index (χ1n) is 3.64. The van der Waals surface area contributed by atoms with Crippen LogP contribution in [0.3, 0.4) is 0 Å². The van der Waals surface area contributed by atoms with E-state index in [1.165, 1.54) is 0 Å². The molecule has 0 N–H and O–H groups in total. The number of nitrogens with zero attached hydrogens (tertiary/aromatic N) is 3. The topological polar surface area (TPSA) is 28.0 Å². The standard InChI is InChI=1S/C8H13N3/c1-7-5-4-6-9-8(10-7)11(2)3/h4,6H,5H2,1-3H3. The molecule has 0 aromatic carbocycles. The van der Waals surface area contributed by atoms with Crippen molar-refractivity contribution in [2.45, 2.75) is 13.3 Å². The molecule has 1 rings (SSSR count). The van der Waals surface area contributed by atoms with Crippen molar-refractivity contribution in [1.82, 2.24) is 4.90 Å². The summed E-state index contributed by atoms with van der Waals surface area (Å²) in [5.74, 6) is 0.774. The normalized spacial score (nSPS) is 17.0. The fourth-order valence-electron chi connectivity index (χ4n) is 0.803. The van der Waals surface area contributed by atoms with Crippen LogP contribution in [0.5, 0.6) is 0 Å². The van der Waals surface area contributed by atoms with Gasteiger partial charge < -0.3 is 4.90 Å². The van der Waals surface area contributed by atoms with Crippen molar-refractivity contribution < 1.29 is 0 Å². The molecule has 0 atom stereocenters. The molecule has 0 bridgehead atoms. The summed E-state index contributed by atoms with van der Waals surface area (Å²) in [6, 6.07) is 0. The van der Waals surface area contributed by atoms with E-state index in [0.717, 1.165) is 18.1 Å². The summed E-state index contributed by atoms with van der Waals surface area (Å²) in [5.41, 5.74) is 1.10. The zero-order valence-corrected chi connectivity index (χ0v) is 7.20. The van der Waals surface area contributed by atoms with Gasteiger partial charge in [0.2, 0.25) is 5.96 Å². The SMILES string of the molecule is CC1=NC(N(C)C)=NC=CC1. The Morgan fingerprint density at radius 3 is 2.82 bits per heavy atom. The lowest BCUT2D eigenvalue weighted by Gasteiger charge is -2.09. The average Bonchev–Trinajstić information content (AvgIpc) is 2.13. The smallest absolute Gasteiger partial charge is 0.224 e. The average molecular weight is 151 g/mol. The van der Waals surface area contributed by atoms with Gasteiger partial charge in [-0.15, -0.1) is 0 Å². The lowest BCUT2D eigenvalue weighted by Crippen LogP contribution is -2.20. The summed E-state index contributed by atoms with van der Waals surface area (Å²) in [6.45, 7) is 2.01. The van der Waals surface area contributed by atoms with Crippen LogP contribution >= 0.6 is 0 Å². The van der Waals surface area contributed by atoms with Crippen LogP contribution in [0.1, 0.15) is 13.3 Å². The van der Waals surface area contributed by atoms with Gasteiger partial charge in [0.25, 0.3) is 0 Å². The second kappa shape index (κ2) is 3.32. The van der Waals surface area contributed by atoms with Gasteiger partial charge in [-0.05, 0) is 6.92 Å². The van der Waals surface area contributed by atoms with Gasteiger partial charge in [-0.3, -0.25) is 0 Å². The van der Waals surface area contributed by atoms with E-state index in [1.807, 2.05) is 32.0 Å². The molecular weight excluding hydrogens is 138 g/mol. The Balaban J connectivity index is 2.84. The monoisotopic (exact) mass is 151 g/mol. The Hall–Kier alpha value is -1.12. The maximum absolute atomic E-state index is 4.31. The molecule has 1 aliphatic heterocycles. The lowest BCUT2D eigenvalue weighted by atomic mass is 10.3. The number of allylic oxidation sites excluding steroid dienone is 1. The van der Waals surface area contributed by atoms with Crippen molar-refractivity contribution in [2.24, 2.45) is 9.98 Å². The van der Waals surface area contributed by atoms with Crippen LogP contribution in [-0.2, 0) is 0 Å². The zero-order valence-electron chi connectivity index (χ0n) is 7.20. The van der Waals surface area contributed by atoms with Crippen molar-refractivity contribution in [1.29, 1.82) is 0 Å². The highest BCUT2D eigenvalue weighted by Gasteiger charge is 2.00. The van der Waals surface area contributed by atoms with Crippen molar-refractivity contribution in [3.8, 4) is 0 Å². The fourth-order valence-corrected chi connectivity index (χ4v) is 0.803. The van der Waals surface area contributed by atoms with E-state index < -0.39 is 0 Å². The highest BCUT2D eigenvalue weighted by atomic mass is 15.2. The summed E-state index contributed by atoms with van der Waals surface area (Å²) in [6.07, 6.45) is 4.71. The van der Waals surface area contributed by atoms with Crippen LogP contribution in [0.15, 0.2) is 22.3 Å². The molecule has 0 unspecified atom stereocenters. The van der Waals surface area contributed by atoms with Gasteiger partial charge in [-0.25, -0.2) is 9.98 Å². The van der Waals surface area contributed by atoms with Crippen molar-refractivity contribution in [3.05, 3.63) is 12.3 Å². The number of guanidine groups is 1. The molecule has 1 aliphatic rings. The number of hydrogen-bond acceptors (Lipinski definition) is 3. The predicted molar refractivity (Wildman–Crippen MR) is 48.0 cm³/mol. The Morgan fingerprint density at radius 2 is 2.18 bits per heavy atom. The van der Waals surface area contributed by atoms with Gasteiger partial charge in [-0.2, -0.15) is 0 Å². The van der Waals surface area contributed by atoms with Gasteiger partial charge in [0, 0.05) is 32.4 Å². The van der Waals surface area contributed by atoms with Crippen LogP contribution in [0.2, 0.25) is 0 Å². The van der Waals surface area contributed by atoms with E-state index in [4.69, 9.17) is 0 Å². The van der Waals surface area contributed by atoms with Gasteiger partial charge >= 0.3 is 0 Å². The summed E-state index contributed by atoms with van der Waals surface area (Å²) in [4.78, 5) is 10.4. The molecular formula is C8H13N3. The molecule has 0 aromatic rings. The Bertz CT molecular complexity index is 223. The van der Waals surface area contributed by atoms with Crippen molar-refractivity contribution in [3.63, 3.8) is 0 Å². The van der Waals surface area contributed by atoms with E-state index >= 15 is 0 Å². The van der Waals surface area contributed by atoms with Crippen molar-refractivity contribution >= 4 is 11.7 Å². The molecule has 0 saturated heterocycles. The third-order valence-electron chi connectivity index (χ3n) is 1.40. The number of rotatable bonds is 0. The fraction of sp³-hybridized carbons (Fsp3) is 0.500. The minimum atomic E-state index is 0.774. The summed E-state index contributed by atoms with van der Waals surface area (Å²) < 4.78 is 0. The van der Waals surface area contributed by atoms with E-state index in [0.29, 0.717) is 0 Å². The van der Waals surface area contributed by atoms with E-state index in [9.17, 15) is 0 Å². The summed E-state index contributed by atoms with van der Waals surface area (Å²) >= 11 is 0. The van der Waals surface area contributed by atoms with E-state index in [1.54, 1.807) is 6.20 Å². The first-order valence-corrected chi connectivity index (χ1v) is 3.64. The molecule has 1 heterocycles. The third kappa shape index (κ3) is 2.18. The molecule has 60 valence electrons. The quantitative estimate of drug-likeness (QED) is 0.512. The molecule has 0 aliphatic carbocycles. The van der Waals surface area contributed by atoms with Crippen LogP contribution in [-0.4, -0.2) is 30.7 Å². The minimum absolute atomic E-state index is 0.774. The van der Waals surface area contributed by atoms with Crippen LogP contribution < -0.4 is 0 Å². The number of hydrogen-bond donors (Lipinski definition) is 0. The van der Waals surface area contributed by atoms with Crippen LogP contribution in [0.4, 0.5) is 0 Å². The summed E-state index contributed by atoms with van der Waals surface area (Å²) in [5, 5.41) is 0. The first-order chi connectivity index (χ1) is 5.20. The Morgan fingerprint density at radius 1 is 1.45 bits per heavy atom. The molecule has 0 radical (unpaired) electrons. The molecule has 0 spiro atoms. The Labute approximate surface area is 67.1 Å². The highest BCUT2D eigenvalue weighted by molar-refractivity contribution is 5.97. The van der Waals surface area contributed by atoms with Crippen LogP contribution in [0.25, 0.3) is 0 Å². The van der Waals surface area contributed by atoms with Gasteiger partial charge in [0.05, 0.1) is 0 Å². The molecule has 0 amide bonds. The second-order valence-corrected chi connectivity index (χ2v) is 2.76. The maximum Gasteiger partial charge on any atom is 0.224 e. The lowest BCUT2D eigenvalue weighted by molar-refractivity contribution is 0.615. The Kier molecular flexibility index (Phi) is 2.41. The number of aliphatic imine (C=N–C) groups is 2. The molecule has 3 heteroatoms. The van der Waals surface area contributed by atoms with Gasteiger partial charge in [0.15, 0.2) is 0 Å². The van der Waals surface area contributed by atoms with Crippen LogP contribution in [0, 0.1) is 0 Å². The maximum atomic E-state index is 4.31. The third-order valence-corrected chi connectivity index (χ3v) is 1.40. The molecule has 0 saturated carbocycles. The molecule has 11 heavy (non-hydrogen) atoms. The highest BCUT2D eigenvalue weighted by Crippen LogP contribution is 1.98. The molecule has 0 aromatic heterocycles. The minimum Gasteiger partial charge on any atom is -0.347 e. The first kappa shape index (κ1) is 7.98. The summed E-state index contributed by atoms with van der Waals surface area (Å²) in [7, 11) is 3.88.